The molecule has 0 saturated carbocycles. The zero-order valence-electron chi connectivity index (χ0n) is 12.1. The largest absolute Gasteiger partial charge is 0.385 e. The predicted octanol–water partition coefficient (Wildman–Crippen LogP) is 3.95. The Hall–Kier alpha value is -2.03. The van der Waals surface area contributed by atoms with Crippen molar-refractivity contribution in [2.24, 2.45) is 0 Å². The van der Waals surface area contributed by atoms with E-state index >= 15 is 0 Å². The topological polar surface area (TPSA) is 37.0 Å². The molecule has 2 rings (SSSR count). The van der Waals surface area contributed by atoms with E-state index in [4.69, 9.17) is 0 Å². The van der Waals surface area contributed by atoms with Gasteiger partial charge in [-0.1, -0.05) is 37.3 Å². The van der Waals surface area contributed by atoms with Gasteiger partial charge in [-0.3, -0.25) is 0 Å². The summed E-state index contributed by atoms with van der Waals surface area (Å²) in [5.74, 6) is 0.944. The Labute approximate surface area is 121 Å². The van der Waals surface area contributed by atoms with Crippen molar-refractivity contribution in [2.45, 2.75) is 26.2 Å². The minimum Gasteiger partial charge on any atom is -0.385 e. The fraction of sp³-hybridized carbons (Fsp3) is 0.353. The van der Waals surface area contributed by atoms with Gasteiger partial charge in [0.1, 0.15) is 5.82 Å². The van der Waals surface area contributed by atoms with Gasteiger partial charge < -0.3 is 10.6 Å². The Kier molecular flexibility index (Phi) is 5.90. The van der Waals surface area contributed by atoms with Crippen LogP contribution in [0.3, 0.4) is 0 Å². The Morgan fingerprint density at radius 3 is 2.65 bits per heavy atom. The van der Waals surface area contributed by atoms with E-state index in [-0.39, 0.29) is 0 Å². The molecule has 3 nitrogen and oxygen atoms in total. The lowest BCUT2D eigenvalue weighted by Crippen LogP contribution is -2.05. The number of anilines is 2. The number of hydrogen-bond donors (Lipinski definition) is 2. The second-order valence-corrected chi connectivity index (χ2v) is 4.87. The predicted molar refractivity (Wildman–Crippen MR) is 86.3 cm³/mol. The summed E-state index contributed by atoms with van der Waals surface area (Å²) in [6.45, 7) is 4.09. The molecule has 0 aliphatic carbocycles. The van der Waals surface area contributed by atoms with Crippen LogP contribution in [0.25, 0.3) is 0 Å². The molecule has 20 heavy (non-hydrogen) atoms. The molecule has 2 aromatic rings. The van der Waals surface area contributed by atoms with Crippen molar-refractivity contribution in [2.75, 3.05) is 23.7 Å². The minimum absolute atomic E-state index is 0.944. The highest BCUT2D eigenvalue weighted by atomic mass is 15.0. The van der Waals surface area contributed by atoms with Crippen molar-refractivity contribution in [1.29, 1.82) is 0 Å². The second kappa shape index (κ2) is 8.20. The Bertz CT molecular complexity index is 497. The van der Waals surface area contributed by atoms with E-state index in [9.17, 15) is 0 Å². The van der Waals surface area contributed by atoms with Crippen molar-refractivity contribution in [3.63, 3.8) is 0 Å². The van der Waals surface area contributed by atoms with E-state index in [1.54, 1.807) is 0 Å². The molecular weight excluding hydrogens is 246 g/mol. The van der Waals surface area contributed by atoms with Gasteiger partial charge in [0.15, 0.2) is 0 Å². The third-order valence-electron chi connectivity index (χ3n) is 3.13. The van der Waals surface area contributed by atoms with Crippen LogP contribution < -0.4 is 10.6 Å². The molecule has 0 unspecified atom stereocenters. The number of benzene rings is 1. The molecule has 0 bridgehead atoms. The van der Waals surface area contributed by atoms with E-state index in [0.29, 0.717) is 0 Å². The van der Waals surface area contributed by atoms with E-state index in [0.717, 1.165) is 43.9 Å². The van der Waals surface area contributed by atoms with Gasteiger partial charge in [0, 0.05) is 31.0 Å². The molecule has 0 atom stereocenters. The summed E-state index contributed by atoms with van der Waals surface area (Å²) in [5, 5.41) is 6.75. The maximum atomic E-state index is 4.30. The molecule has 0 saturated heterocycles. The summed E-state index contributed by atoms with van der Waals surface area (Å²) >= 11 is 0. The summed E-state index contributed by atoms with van der Waals surface area (Å²) in [6, 6.07) is 14.7. The van der Waals surface area contributed by atoms with Gasteiger partial charge in [-0.2, -0.15) is 0 Å². The lowest BCUT2D eigenvalue weighted by Gasteiger charge is -2.09. The summed E-state index contributed by atoms with van der Waals surface area (Å²) in [5.41, 5.74) is 2.53. The molecule has 1 heterocycles. The molecule has 3 heteroatoms. The minimum atomic E-state index is 0.944. The molecule has 106 valence electrons. The standard InChI is InChI=1S/C17H23N3/c1-2-11-19-17-14-16(10-13-20-17)18-12-6-9-15-7-4-3-5-8-15/h3-5,7-8,10,13-14H,2,6,9,11-12H2,1H3,(H2,18,19,20). The molecule has 1 aromatic carbocycles. The van der Waals surface area contributed by atoms with E-state index in [2.05, 4.69) is 58.9 Å². The van der Waals surface area contributed by atoms with Gasteiger partial charge in [0.05, 0.1) is 0 Å². The molecule has 0 aliphatic heterocycles. The lowest BCUT2D eigenvalue weighted by molar-refractivity contribution is 0.862. The first kappa shape index (κ1) is 14.4. The highest BCUT2D eigenvalue weighted by Crippen LogP contribution is 2.12. The molecule has 0 spiro atoms. The average Bonchev–Trinajstić information content (AvgIpc) is 2.51. The van der Waals surface area contributed by atoms with E-state index < -0.39 is 0 Å². The van der Waals surface area contributed by atoms with Crippen LogP contribution in [0.1, 0.15) is 25.3 Å². The van der Waals surface area contributed by atoms with Crippen molar-refractivity contribution >= 4 is 11.5 Å². The molecule has 0 aliphatic rings. The van der Waals surface area contributed by atoms with Crippen LogP contribution >= 0.6 is 0 Å². The zero-order valence-corrected chi connectivity index (χ0v) is 12.1. The molecular formula is C17H23N3. The lowest BCUT2D eigenvalue weighted by atomic mass is 10.1. The third kappa shape index (κ3) is 4.92. The summed E-state index contributed by atoms with van der Waals surface area (Å²) in [6.07, 6.45) is 5.19. The van der Waals surface area contributed by atoms with Gasteiger partial charge in [-0.15, -0.1) is 0 Å². The Morgan fingerprint density at radius 1 is 1.00 bits per heavy atom. The number of rotatable bonds is 8. The first-order valence-corrected chi connectivity index (χ1v) is 7.36. The maximum Gasteiger partial charge on any atom is 0.127 e. The first-order chi connectivity index (χ1) is 9.88. The normalized spacial score (nSPS) is 10.2. The van der Waals surface area contributed by atoms with Crippen LogP contribution in [0.15, 0.2) is 48.7 Å². The zero-order chi connectivity index (χ0) is 14.0. The quantitative estimate of drug-likeness (QED) is 0.712. The summed E-state index contributed by atoms with van der Waals surface area (Å²) in [7, 11) is 0. The van der Waals surface area contributed by atoms with E-state index in [1.165, 1.54) is 5.56 Å². The first-order valence-electron chi connectivity index (χ1n) is 7.36. The molecule has 0 amide bonds. The van der Waals surface area contributed by atoms with Crippen molar-refractivity contribution in [1.82, 2.24) is 4.98 Å². The van der Waals surface area contributed by atoms with Crippen LogP contribution in [0, 0.1) is 0 Å². The van der Waals surface area contributed by atoms with E-state index in [1.807, 2.05) is 12.3 Å². The number of nitrogens with one attached hydrogen (secondary N) is 2. The average molecular weight is 269 g/mol. The van der Waals surface area contributed by atoms with Crippen LogP contribution in [-0.2, 0) is 6.42 Å². The number of pyridine rings is 1. The van der Waals surface area contributed by atoms with Gasteiger partial charge >= 0.3 is 0 Å². The van der Waals surface area contributed by atoms with Gasteiger partial charge in [-0.25, -0.2) is 4.98 Å². The van der Waals surface area contributed by atoms with Crippen molar-refractivity contribution < 1.29 is 0 Å². The van der Waals surface area contributed by atoms with Crippen LogP contribution in [0.4, 0.5) is 11.5 Å². The van der Waals surface area contributed by atoms with Crippen LogP contribution in [0.5, 0.6) is 0 Å². The second-order valence-electron chi connectivity index (χ2n) is 4.87. The Morgan fingerprint density at radius 2 is 1.85 bits per heavy atom. The molecule has 0 fully saturated rings. The highest BCUT2D eigenvalue weighted by Gasteiger charge is 1.97. The molecule has 1 aromatic heterocycles. The molecule has 2 N–H and O–H groups in total. The van der Waals surface area contributed by atoms with Gasteiger partial charge in [0.25, 0.3) is 0 Å². The van der Waals surface area contributed by atoms with Gasteiger partial charge in [-0.05, 0) is 30.9 Å². The fourth-order valence-electron chi connectivity index (χ4n) is 2.06. The fourth-order valence-corrected chi connectivity index (χ4v) is 2.06. The highest BCUT2D eigenvalue weighted by molar-refractivity contribution is 5.51. The van der Waals surface area contributed by atoms with Crippen molar-refractivity contribution in [3.8, 4) is 0 Å². The number of hydrogen-bond acceptors (Lipinski definition) is 3. The van der Waals surface area contributed by atoms with Crippen LogP contribution in [-0.4, -0.2) is 18.1 Å². The number of aromatic nitrogens is 1. The smallest absolute Gasteiger partial charge is 0.127 e. The number of nitrogens with zero attached hydrogens (tertiary/aromatic N) is 1. The SMILES string of the molecule is CCCNc1cc(NCCCc2ccccc2)ccn1. The Balaban J connectivity index is 1.73. The monoisotopic (exact) mass is 269 g/mol. The van der Waals surface area contributed by atoms with Gasteiger partial charge in [0.2, 0.25) is 0 Å². The molecule has 0 radical (unpaired) electrons. The third-order valence-corrected chi connectivity index (χ3v) is 3.13. The van der Waals surface area contributed by atoms with Crippen molar-refractivity contribution in [3.05, 3.63) is 54.2 Å². The maximum absolute atomic E-state index is 4.30. The summed E-state index contributed by atoms with van der Waals surface area (Å²) in [4.78, 5) is 4.30. The number of aryl methyl sites for hydroxylation is 1. The van der Waals surface area contributed by atoms with Crippen LogP contribution in [0.2, 0.25) is 0 Å². The summed E-state index contributed by atoms with van der Waals surface area (Å²) < 4.78 is 0.